The molecule has 66 heavy (non-hydrogen) atoms. The summed E-state index contributed by atoms with van der Waals surface area (Å²) in [7, 11) is 1.76. The van der Waals surface area contributed by atoms with E-state index < -0.39 is 0 Å². The van der Waals surface area contributed by atoms with Gasteiger partial charge in [0, 0.05) is 70.8 Å². The quantitative estimate of drug-likeness (QED) is 0.142. The zero-order valence-corrected chi connectivity index (χ0v) is 39.9. The Morgan fingerprint density at radius 1 is 0.955 bits per heavy atom. The number of hydrogen-bond donors (Lipinski definition) is 1. The fourth-order valence-electron chi connectivity index (χ4n) is 11.0. The van der Waals surface area contributed by atoms with Gasteiger partial charge in [-0.05, 0) is 99.0 Å². The first-order valence-electron chi connectivity index (χ1n) is 22.4. The lowest BCUT2D eigenvalue weighted by molar-refractivity contribution is -0.164. The highest BCUT2D eigenvalue weighted by molar-refractivity contribution is 7.15. The highest BCUT2D eigenvalue weighted by Gasteiger charge is 2.64. The summed E-state index contributed by atoms with van der Waals surface area (Å²) in [5, 5.41) is 35.7. The summed E-state index contributed by atoms with van der Waals surface area (Å²) in [5.41, 5.74) is 4.48. The van der Waals surface area contributed by atoms with E-state index in [9.17, 15) is 10.1 Å². The number of benzene rings is 2. The molecule has 3 fully saturated rings. The third-order valence-corrected chi connectivity index (χ3v) is 15.9. The summed E-state index contributed by atoms with van der Waals surface area (Å²) >= 11 is 8.00. The lowest BCUT2D eigenvalue weighted by Crippen LogP contribution is -2.74. The van der Waals surface area contributed by atoms with Gasteiger partial charge in [0.05, 0.1) is 35.0 Å². The maximum absolute atomic E-state index is 13.5. The summed E-state index contributed by atoms with van der Waals surface area (Å²) in [6, 6.07) is 15.0. The number of nitrogens with one attached hydrogen (secondary N) is 1. The number of nitrogens with zero attached hydrogens (tertiary/aromatic N) is 12. The Labute approximate surface area is 392 Å². The molecule has 0 radical (unpaired) electrons. The van der Waals surface area contributed by atoms with Crippen LogP contribution in [0.4, 0.5) is 5.95 Å². The minimum atomic E-state index is -0.383. The monoisotopic (exact) mass is 925 g/mol. The van der Waals surface area contributed by atoms with E-state index in [0.29, 0.717) is 40.1 Å². The Balaban J connectivity index is 0.741. The molecule has 18 heteroatoms. The van der Waals surface area contributed by atoms with E-state index in [1.807, 2.05) is 6.92 Å². The number of piperidine rings is 1. The molecule has 0 unspecified atom stereocenters. The van der Waals surface area contributed by atoms with Crippen molar-refractivity contribution in [3.63, 3.8) is 0 Å². The smallest absolute Gasteiger partial charge is 0.254 e. The maximum atomic E-state index is 13.5. The molecule has 1 atom stereocenters. The largest absolute Gasteiger partial charge is 0.490 e. The average Bonchev–Trinajstić information content (AvgIpc) is 3.95. The van der Waals surface area contributed by atoms with Crippen LogP contribution in [0.1, 0.15) is 114 Å². The van der Waals surface area contributed by atoms with Crippen LogP contribution in [-0.4, -0.2) is 87.9 Å². The van der Waals surface area contributed by atoms with E-state index in [4.69, 9.17) is 26.1 Å². The van der Waals surface area contributed by atoms with Crippen molar-refractivity contribution >= 4 is 40.5 Å². The van der Waals surface area contributed by atoms with Crippen LogP contribution >= 0.6 is 22.9 Å². The second-order valence-corrected chi connectivity index (χ2v) is 21.1. The normalized spacial score (nSPS) is 21.4. The van der Waals surface area contributed by atoms with E-state index in [0.717, 1.165) is 78.0 Å². The lowest BCUT2D eigenvalue weighted by atomic mass is 9.49. The van der Waals surface area contributed by atoms with Crippen molar-refractivity contribution in [2.45, 2.75) is 105 Å². The summed E-state index contributed by atoms with van der Waals surface area (Å²) in [6.45, 7) is 16.3. The van der Waals surface area contributed by atoms with Crippen LogP contribution in [0, 0.1) is 48.3 Å². The van der Waals surface area contributed by atoms with Crippen LogP contribution in [-0.2, 0) is 13.5 Å². The topological polar surface area (TPSA) is 187 Å². The van der Waals surface area contributed by atoms with Crippen LogP contribution in [0.2, 0.25) is 5.02 Å². The number of aromatic nitrogens is 9. The molecule has 6 aromatic rings. The van der Waals surface area contributed by atoms with Gasteiger partial charge >= 0.3 is 0 Å². The van der Waals surface area contributed by atoms with E-state index in [1.165, 1.54) is 15.2 Å². The fourth-order valence-corrected chi connectivity index (χ4v) is 12.4. The third kappa shape index (κ3) is 7.57. The molecule has 16 nitrogen and oxygen atoms in total. The number of amides is 1. The van der Waals surface area contributed by atoms with Crippen molar-refractivity contribution in [1.29, 1.82) is 5.26 Å². The van der Waals surface area contributed by atoms with Crippen molar-refractivity contribution in [3.8, 4) is 22.6 Å². The lowest BCUT2D eigenvalue weighted by Gasteiger charge is -2.63. The number of nitriles is 1. The molecule has 2 aromatic carbocycles. The number of ether oxygens (including phenoxy) is 2. The average molecular weight is 927 g/mol. The Kier molecular flexibility index (Phi) is 10.8. The molecule has 1 amide bonds. The standard InChI is InChI=1S/C48H52ClN13O3S/c1-26-27(2)66-42-38(26)39(53-36(20-37-56-59-60(8)58-37)40-57-55-28(3)62(40)42)29-9-12-32(13-10-29)64-34-21-48(22-34)15-17-61(18-16-48)45-51-24-31(25-52-45)41(63)54-43-46(4,5)44(47(43,6)7)65-33-14-11-30(23-50)35(49)19-33/h9-14,19,24-25,34,36,43-44H,15-18,20-22H2,1-8H3,(H,54,63)/t36-,43?,44?/m1/s1. The molecule has 2 saturated carbocycles. The van der Waals surface area contributed by atoms with E-state index >= 15 is 0 Å². The van der Waals surface area contributed by atoms with Gasteiger partial charge in [-0.3, -0.25) is 14.4 Å². The summed E-state index contributed by atoms with van der Waals surface area (Å²) < 4.78 is 15.1. The van der Waals surface area contributed by atoms with Gasteiger partial charge in [0.15, 0.2) is 11.6 Å². The summed E-state index contributed by atoms with van der Waals surface area (Å²) in [6.07, 6.45) is 7.71. The molecular weight excluding hydrogens is 874 g/mol. The number of anilines is 1. The van der Waals surface area contributed by atoms with Gasteiger partial charge in [0.25, 0.3) is 5.91 Å². The zero-order chi connectivity index (χ0) is 46.3. The first-order chi connectivity index (χ1) is 31.5. The van der Waals surface area contributed by atoms with Crippen LogP contribution in [0.3, 0.4) is 0 Å². The molecule has 1 N–H and O–H groups in total. The highest BCUT2D eigenvalue weighted by Crippen LogP contribution is 2.56. The van der Waals surface area contributed by atoms with Crippen molar-refractivity contribution < 1.29 is 14.3 Å². The molecular formula is C48H52ClN13O3S. The van der Waals surface area contributed by atoms with Gasteiger partial charge in [0.2, 0.25) is 5.95 Å². The number of aryl methyl sites for hydroxylation is 3. The van der Waals surface area contributed by atoms with Gasteiger partial charge in [-0.1, -0.05) is 39.3 Å². The maximum Gasteiger partial charge on any atom is 0.254 e. The molecule has 4 aromatic heterocycles. The SMILES string of the molecule is Cc1sc2c(c1C)C(c1ccc(OC3CC4(CCN(c5ncc(C(=O)NC6C(C)(C)C(Oc7ccc(C#N)c(Cl)c7)C6(C)C)cn5)CC4)C3)cc1)=N[C@H](Cc1nnn(C)n1)c1nnc(C)n1-2. The van der Waals surface area contributed by atoms with Crippen molar-refractivity contribution in [2.75, 3.05) is 18.0 Å². The minimum absolute atomic E-state index is 0.151. The molecule has 340 valence electrons. The third-order valence-electron chi connectivity index (χ3n) is 14.4. The van der Waals surface area contributed by atoms with Crippen LogP contribution in [0.5, 0.6) is 11.5 Å². The first-order valence-corrected chi connectivity index (χ1v) is 23.6. The Hall–Kier alpha value is -6.25. The Bertz CT molecular complexity index is 2900. The number of fused-ring (bicyclic) bond motifs is 3. The summed E-state index contributed by atoms with van der Waals surface area (Å²) in [4.78, 5) is 33.1. The second kappa shape index (κ2) is 16.3. The van der Waals surface area contributed by atoms with E-state index in [-0.39, 0.29) is 46.4 Å². The molecule has 6 heterocycles. The second-order valence-electron chi connectivity index (χ2n) is 19.5. The molecule has 0 bridgehead atoms. The summed E-state index contributed by atoms with van der Waals surface area (Å²) in [5.74, 6) is 4.03. The molecule has 1 saturated heterocycles. The number of carbonyl (C=O) groups excluding carboxylic acids is 1. The molecule has 4 aliphatic rings. The van der Waals surface area contributed by atoms with Crippen LogP contribution < -0.4 is 19.7 Å². The number of hydrogen-bond acceptors (Lipinski definition) is 14. The molecule has 2 aliphatic carbocycles. The predicted molar refractivity (Wildman–Crippen MR) is 250 cm³/mol. The fraction of sp³-hybridized carbons (Fsp3) is 0.458. The number of thiophene rings is 1. The van der Waals surface area contributed by atoms with Gasteiger partial charge < -0.3 is 19.7 Å². The highest BCUT2D eigenvalue weighted by atomic mass is 35.5. The van der Waals surface area contributed by atoms with Crippen molar-refractivity contribution in [1.82, 2.24) is 50.3 Å². The number of halogens is 1. The Morgan fingerprint density at radius 3 is 2.30 bits per heavy atom. The Morgan fingerprint density at radius 2 is 1.65 bits per heavy atom. The van der Waals surface area contributed by atoms with Crippen molar-refractivity contribution in [3.05, 3.63) is 110 Å². The van der Waals surface area contributed by atoms with E-state index in [1.54, 1.807) is 49.0 Å². The molecule has 10 rings (SSSR count). The zero-order valence-electron chi connectivity index (χ0n) is 38.3. The predicted octanol–water partition coefficient (Wildman–Crippen LogP) is 7.67. The number of tetrazole rings is 1. The number of aliphatic imine (C=N–C) groups is 1. The van der Waals surface area contributed by atoms with Gasteiger partial charge in [-0.25, -0.2) is 9.97 Å². The van der Waals surface area contributed by atoms with Crippen LogP contribution in [0.25, 0.3) is 5.00 Å². The van der Waals surface area contributed by atoms with Gasteiger partial charge in [-0.15, -0.1) is 31.7 Å². The van der Waals surface area contributed by atoms with Gasteiger partial charge in [-0.2, -0.15) is 10.1 Å². The molecule has 2 aliphatic heterocycles. The van der Waals surface area contributed by atoms with Gasteiger partial charge in [0.1, 0.15) is 40.5 Å². The first kappa shape index (κ1) is 43.6. The minimum Gasteiger partial charge on any atom is -0.490 e. The number of rotatable bonds is 10. The van der Waals surface area contributed by atoms with Crippen LogP contribution in [0.15, 0.2) is 59.9 Å². The molecule has 1 spiro atoms. The van der Waals surface area contributed by atoms with Crippen molar-refractivity contribution in [2.24, 2.45) is 28.3 Å². The number of carbonyl (C=O) groups is 1. The van der Waals surface area contributed by atoms with E-state index in [2.05, 4.69) is 122 Å².